The van der Waals surface area contributed by atoms with Crippen molar-refractivity contribution < 1.29 is 47.9 Å². The van der Waals surface area contributed by atoms with E-state index >= 15 is 0 Å². The first-order valence-corrected chi connectivity index (χ1v) is 12.9. The minimum atomic E-state index is -6.82. The van der Waals surface area contributed by atoms with E-state index in [-0.39, 0.29) is 0 Å². The molecule has 0 aromatic heterocycles. The standard InChI is InChI=1S/C10H20F6NO5PS2/c1-5-23(4,6-2,8-7-22-3)17(24(18,19)9(11,12)13)25(20,21)10(14,15)16/h5-8H2,1-4H3. The van der Waals surface area contributed by atoms with Gasteiger partial charge in [0, 0.05) is 0 Å². The fraction of sp³-hybridized carbons (Fsp3) is 1.00. The molecule has 0 N–H and O–H groups in total. The average Bonchev–Trinajstić information content (AvgIpc) is 2.42. The minimum absolute atomic E-state index is 0.409. The Morgan fingerprint density at radius 3 is 1.40 bits per heavy atom. The Bertz CT molecular complexity index is 640. The molecule has 0 amide bonds. The van der Waals surface area contributed by atoms with E-state index in [0.29, 0.717) is 0 Å². The third-order valence-electron chi connectivity index (χ3n) is 4.25. The number of hydrogen-bond acceptors (Lipinski definition) is 5. The maximum absolute atomic E-state index is 13.0. The van der Waals surface area contributed by atoms with Crippen molar-refractivity contribution in [2.45, 2.75) is 24.9 Å². The Morgan fingerprint density at radius 1 is 0.880 bits per heavy atom. The van der Waals surface area contributed by atoms with Gasteiger partial charge < -0.3 is 0 Å². The van der Waals surface area contributed by atoms with Crippen molar-refractivity contribution >= 4 is 26.8 Å². The number of methoxy groups -OCH3 is 1. The summed E-state index contributed by atoms with van der Waals surface area (Å²) in [5, 5.41) is 0. The van der Waals surface area contributed by atoms with Gasteiger partial charge in [0.05, 0.1) is 0 Å². The fourth-order valence-electron chi connectivity index (χ4n) is 2.18. The van der Waals surface area contributed by atoms with Crippen LogP contribution in [0.2, 0.25) is 0 Å². The summed E-state index contributed by atoms with van der Waals surface area (Å²) in [6.07, 6.45) is -1.62. The molecular weight excluding hydrogens is 423 g/mol. The monoisotopic (exact) mass is 443 g/mol. The molecule has 0 rings (SSSR count). The molecule has 0 atom stereocenters. The van der Waals surface area contributed by atoms with Crippen LogP contribution < -0.4 is 0 Å². The summed E-state index contributed by atoms with van der Waals surface area (Å²) in [5.74, 6) is 0. The summed E-state index contributed by atoms with van der Waals surface area (Å²) < 4.78 is 129. The Morgan fingerprint density at radius 2 is 1.20 bits per heavy atom. The predicted molar refractivity (Wildman–Crippen MR) is 82.5 cm³/mol. The Balaban J connectivity index is 7.15. The van der Waals surface area contributed by atoms with Crippen LogP contribution in [0.4, 0.5) is 26.3 Å². The Labute approximate surface area is 142 Å². The van der Waals surface area contributed by atoms with E-state index in [1.165, 1.54) is 0 Å². The number of sulfonamides is 2. The van der Waals surface area contributed by atoms with Gasteiger partial charge >= 0.3 is 142 Å². The molecule has 25 heavy (non-hydrogen) atoms. The molecule has 0 aromatic rings. The molecule has 0 aliphatic heterocycles. The van der Waals surface area contributed by atoms with Crippen LogP contribution in [-0.2, 0) is 24.8 Å². The van der Waals surface area contributed by atoms with Crippen LogP contribution in [0.15, 0.2) is 0 Å². The summed E-state index contributed by atoms with van der Waals surface area (Å²) in [7, 11) is -12.5. The second-order valence-corrected chi connectivity index (χ2v) is 16.6. The van der Waals surface area contributed by atoms with E-state index in [1.807, 2.05) is 0 Å². The molecule has 0 aromatic carbocycles. The number of halogens is 6. The molecule has 0 radical (unpaired) electrons. The number of alkyl halides is 6. The number of nitrogens with zero attached hydrogens (tertiary/aromatic N) is 1. The van der Waals surface area contributed by atoms with E-state index in [1.54, 1.807) is 0 Å². The first-order chi connectivity index (χ1) is 10.9. The van der Waals surface area contributed by atoms with Gasteiger partial charge in [0.25, 0.3) is 0 Å². The number of rotatable bonds is 8. The molecule has 15 heteroatoms. The molecule has 0 spiro atoms. The summed E-state index contributed by atoms with van der Waals surface area (Å²) in [6.45, 7) is -2.02. The van der Waals surface area contributed by atoms with E-state index in [4.69, 9.17) is 0 Å². The predicted octanol–water partition coefficient (Wildman–Crippen LogP) is 2.77. The van der Waals surface area contributed by atoms with Gasteiger partial charge in [-0.05, 0) is 0 Å². The first-order valence-electron chi connectivity index (χ1n) is 6.78. The van der Waals surface area contributed by atoms with E-state index in [0.717, 1.165) is 27.6 Å². The molecular formula is C10H20F6NO5PS2. The second-order valence-electron chi connectivity index (χ2n) is 5.67. The van der Waals surface area contributed by atoms with Crippen molar-refractivity contribution in [2.75, 3.05) is 38.9 Å². The maximum atomic E-state index is 13.0. The zero-order chi connectivity index (χ0) is 20.6. The van der Waals surface area contributed by atoms with Gasteiger partial charge in [0.2, 0.25) is 0 Å². The first kappa shape index (κ1) is 24.8. The topological polar surface area (TPSA) is 80.8 Å². The van der Waals surface area contributed by atoms with Gasteiger partial charge in [0.15, 0.2) is 0 Å². The van der Waals surface area contributed by atoms with E-state index in [2.05, 4.69) is 4.74 Å². The Kier molecular flexibility index (Phi) is 7.05. The zero-order valence-corrected chi connectivity index (χ0v) is 16.4. The van der Waals surface area contributed by atoms with Crippen LogP contribution >= 0.6 is 6.75 Å². The van der Waals surface area contributed by atoms with Crippen molar-refractivity contribution in [1.82, 2.24) is 3.48 Å². The zero-order valence-electron chi connectivity index (χ0n) is 13.8. The van der Waals surface area contributed by atoms with Crippen molar-refractivity contribution in [1.29, 1.82) is 0 Å². The third kappa shape index (κ3) is 4.23. The SMILES string of the molecule is CCP(C)(CC)(CCOC)N(S(=O)(=O)C(F)(F)F)S(=O)(=O)C(F)(F)F. The van der Waals surface area contributed by atoms with Crippen LogP contribution in [0, 0.1) is 0 Å². The number of hydrogen-bond donors (Lipinski definition) is 0. The molecule has 6 nitrogen and oxygen atoms in total. The van der Waals surface area contributed by atoms with Gasteiger partial charge in [-0.3, -0.25) is 0 Å². The van der Waals surface area contributed by atoms with Gasteiger partial charge in [-0.2, -0.15) is 0 Å². The van der Waals surface area contributed by atoms with E-state index in [9.17, 15) is 43.2 Å². The average molecular weight is 443 g/mol. The Hall–Kier alpha value is -0.170. The molecule has 0 saturated heterocycles. The van der Waals surface area contributed by atoms with Crippen molar-refractivity contribution in [2.24, 2.45) is 0 Å². The molecule has 154 valence electrons. The molecule has 0 aliphatic carbocycles. The molecule has 0 unspecified atom stereocenters. The molecule has 0 fully saturated rings. The van der Waals surface area contributed by atoms with Gasteiger partial charge in [-0.15, -0.1) is 0 Å². The van der Waals surface area contributed by atoms with Crippen LogP contribution in [0.5, 0.6) is 0 Å². The quantitative estimate of drug-likeness (QED) is 0.426. The summed E-state index contributed by atoms with van der Waals surface area (Å²) >= 11 is 0. The van der Waals surface area contributed by atoms with Crippen LogP contribution in [0.1, 0.15) is 13.8 Å². The van der Waals surface area contributed by atoms with Gasteiger partial charge in [0.1, 0.15) is 0 Å². The van der Waals surface area contributed by atoms with Gasteiger partial charge in [-0.1, -0.05) is 0 Å². The van der Waals surface area contributed by atoms with Crippen molar-refractivity contribution in [3.8, 4) is 0 Å². The second kappa shape index (κ2) is 7.10. The summed E-state index contributed by atoms with van der Waals surface area (Å²) in [6, 6.07) is 0. The normalized spacial score (nSPS) is 16.7. The van der Waals surface area contributed by atoms with Crippen LogP contribution in [-0.4, -0.2) is 70.2 Å². The summed E-state index contributed by atoms with van der Waals surface area (Å²) in [4.78, 5) is 0. The molecule has 0 aliphatic rings. The third-order valence-corrected chi connectivity index (χ3v) is 17.9. The van der Waals surface area contributed by atoms with Crippen LogP contribution in [0.3, 0.4) is 0 Å². The summed E-state index contributed by atoms with van der Waals surface area (Å²) in [5.41, 5.74) is -12.4. The number of ether oxygens (including phenoxy) is 1. The van der Waals surface area contributed by atoms with Crippen LogP contribution in [0.25, 0.3) is 0 Å². The molecule has 0 bridgehead atoms. The van der Waals surface area contributed by atoms with E-state index < -0.39 is 66.4 Å². The van der Waals surface area contributed by atoms with Gasteiger partial charge in [-0.25, -0.2) is 0 Å². The van der Waals surface area contributed by atoms with Crippen molar-refractivity contribution in [3.05, 3.63) is 0 Å². The van der Waals surface area contributed by atoms with Crippen molar-refractivity contribution in [3.63, 3.8) is 0 Å². The molecule has 0 heterocycles. The fourth-order valence-corrected chi connectivity index (χ4v) is 14.3. The molecule has 0 saturated carbocycles.